The van der Waals surface area contributed by atoms with Crippen LogP contribution in [0.15, 0.2) is 57.1 Å². The van der Waals surface area contributed by atoms with Gasteiger partial charge < -0.3 is 14.8 Å². The highest BCUT2D eigenvalue weighted by Crippen LogP contribution is 2.15. The van der Waals surface area contributed by atoms with E-state index in [9.17, 15) is 4.79 Å². The SMILES string of the molecule is CCNC(=NCCCCn1c(C)cccc1=O)N(C)Cc1ccc(SC)cc1. The Hall–Kier alpha value is -2.21. The number of nitrogens with one attached hydrogen (secondary N) is 1. The molecular weight excluding hydrogens is 368 g/mol. The molecule has 2 aromatic rings. The Bertz CT molecular complexity index is 814. The van der Waals surface area contributed by atoms with Gasteiger partial charge in [-0.25, -0.2) is 0 Å². The monoisotopic (exact) mass is 400 g/mol. The largest absolute Gasteiger partial charge is 0.357 e. The molecule has 0 aliphatic rings. The Morgan fingerprint density at radius 3 is 2.57 bits per heavy atom. The van der Waals surface area contributed by atoms with Crippen LogP contribution in [-0.2, 0) is 13.1 Å². The fraction of sp³-hybridized carbons (Fsp3) is 0.455. The highest BCUT2D eigenvalue weighted by Gasteiger charge is 2.06. The average molecular weight is 401 g/mol. The van der Waals surface area contributed by atoms with Gasteiger partial charge in [-0.3, -0.25) is 9.79 Å². The molecule has 2 rings (SSSR count). The lowest BCUT2D eigenvalue weighted by Crippen LogP contribution is -2.38. The number of thioether (sulfide) groups is 1. The summed E-state index contributed by atoms with van der Waals surface area (Å²) in [6.45, 7) is 7.21. The molecule has 1 N–H and O–H groups in total. The van der Waals surface area contributed by atoms with Crippen molar-refractivity contribution < 1.29 is 0 Å². The third-order valence-corrected chi connectivity index (χ3v) is 5.34. The normalized spacial score (nSPS) is 11.5. The zero-order valence-electron chi connectivity index (χ0n) is 17.4. The van der Waals surface area contributed by atoms with Crippen LogP contribution in [0.3, 0.4) is 0 Å². The molecule has 28 heavy (non-hydrogen) atoms. The van der Waals surface area contributed by atoms with E-state index in [-0.39, 0.29) is 5.56 Å². The molecule has 0 saturated heterocycles. The van der Waals surface area contributed by atoms with Crippen LogP contribution in [0.25, 0.3) is 0 Å². The first-order valence-corrected chi connectivity index (χ1v) is 11.1. The molecule has 6 heteroatoms. The van der Waals surface area contributed by atoms with E-state index in [0.717, 1.165) is 50.7 Å². The van der Waals surface area contributed by atoms with Gasteiger partial charge in [-0.15, -0.1) is 11.8 Å². The Morgan fingerprint density at radius 1 is 1.18 bits per heavy atom. The summed E-state index contributed by atoms with van der Waals surface area (Å²) in [5, 5.41) is 3.37. The van der Waals surface area contributed by atoms with Crippen LogP contribution in [0.2, 0.25) is 0 Å². The Kier molecular flexibility index (Phi) is 9.14. The second kappa shape index (κ2) is 11.6. The van der Waals surface area contributed by atoms with Crippen LogP contribution in [0, 0.1) is 6.92 Å². The molecule has 0 amide bonds. The molecule has 0 fully saturated rings. The lowest BCUT2D eigenvalue weighted by atomic mass is 10.2. The molecular formula is C22H32N4OS. The first kappa shape index (κ1) is 22.1. The molecule has 1 aromatic carbocycles. The molecule has 0 bridgehead atoms. The van der Waals surface area contributed by atoms with E-state index in [4.69, 9.17) is 4.99 Å². The molecule has 0 aliphatic carbocycles. The fourth-order valence-electron chi connectivity index (χ4n) is 3.03. The van der Waals surface area contributed by atoms with Crippen molar-refractivity contribution in [1.29, 1.82) is 0 Å². The number of aryl methyl sites for hydroxylation is 1. The second-order valence-electron chi connectivity index (χ2n) is 6.80. The quantitative estimate of drug-likeness (QED) is 0.301. The standard InChI is InChI=1S/C22H32N4OS/c1-5-23-22(25(3)17-19-11-13-20(28-4)14-12-19)24-15-6-7-16-26-18(2)9-8-10-21(26)27/h8-14H,5-7,15-17H2,1-4H3,(H,23,24). The molecule has 1 heterocycles. The van der Waals surface area contributed by atoms with Crippen molar-refractivity contribution in [1.82, 2.24) is 14.8 Å². The number of aliphatic imine (C=N–C) groups is 1. The van der Waals surface area contributed by atoms with Crippen molar-refractivity contribution in [2.45, 2.75) is 44.7 Å². The van der Waals surface area contributed by atoms with Crippen LogP contribution < -0.4 is 10.9 Å². The van der Waals surface area contributed by atoms with Gasteiger partial charge in [-0.2, -0.15) is 0 Å². The molecule has 0 spiro atoms. The number of hydrogen-bond donors (Lipinski definition) is 1. The summed E-state index contributed by atoms with van der Waals surface area (Å²) in [6.07, 6.45) is 3.98. The number of hydrogen-bond acceptors (Lipinski definition) is 3. The van der Waals surface area contributed by atoms with Gasteiger partial charge in [-0.1, -0.05) is 18.2 Å². The number of rotatable bonds is 9. The van der Waals surface area contributed by atoms with Gasteiger partial charge >= 0.3 is 0 Å². The van der Waals surface area contributed by atoms with Crippen LogP contribution >= 0.6 is 11.8 Å². The van der Waals surface area contributed by atoms with Gasteiger partial charge in [0.2, 0.25) is 0 Å². The summed E-state index contributed by atoms with van der Waals surface area (Å²) in [6, 6.07) is 14.1. The minimum atomic E-state index is 0.0732. The lowest BCUT2D eigenvalue weighted by molar-refractivity contribution is 0.475. The van der Waals surface area contributed by atoms with Gasteiger partial charge in [0.15, 0.2) is 5.96 Å². The molecule has 152 valence electrons. The first-order valence-electron chi connectivity index (χ1n) is 9.84. The lowest BCUT2D eigenvalue weighted by Gasteiger charge is -2.22. The average Bonchev–Trinajstić information content (AvgIpc) is 2.69. The van der Waals surface area contributed by atoms with E-state index in [1.165, 1.54) is 10.5 Å². The van der Waals surface area contributed by atoms with Gasteiger partial charge in [0.05, 0.1) is 0 Å². The summed E-state index contributed by atoms with van der Waals surface area (Å²) in [7, 11) is 2.07. The van der Waals surface area contributed by atoms with E-state index in [0.29, 0.717) is 0 Å². The number of guanidine groups is 1. The van der Waals surface area contributed by atoms with Gasteiger partial charge in [0.1, 0.15) is 0 Å². The van der Waals surface area contributed by atoms with E-state index in [1.54, 1.807) is 17.8 Å². The molecule has 0 atom stereocenters. The van der Waals surface area contributed by atoms with Crippen molar-refractivity contribution in [2.24, 2.45) is 4.99 Å². The maximum absolute atomic E-state index is 11.9. The summed E-state index contributed by atoms with van der Waals surface area (Å²) in [5.41, 5.74) is 2.35. The summed E-state index contributed by atoms with van der Waals surface area (Å²) in [5.74, 6) is 0.921. The third-order valence-electron chi connectivity index (χ3n) is 4.59. The topological polar surface area (TPSA) is 49.6 Å². The molecule has 1 aromatic heterocycles. The number of nitrogens with zero attached hydrogens (tertiary/aromatic N) is 3. The van der Waals surface area contributed by atoms with Crippen LogP contribution in [-0.4, -0.2) is 41.8 Å². The molecule has 0 saturated carbocycles. The van der Waals surface area contributed by atoms with E-state index in [1.807, 2.05) is 23.6 Å². The van der Waals surface area contributed by atoms with E-state index in [2.05, 4.69) is 54.7 Å². The van der Waals surface area contributed by atoms with Crippen molar-refractivity contribution in [2.75, 3.05) is 26.4 Å². The number of aromatic nitrogens is 1. The van der Waals surface area contributed by atoms with Gasteiger partial charge in [0.25, 0.3) is 5.56 Å². The molecule has 0 aliphatic heterocycles. The first-order chi connectivity index (χ1) is 13.5. The van der Waals surface area contributed by atoms with Crippen LogP contribution in [0.5, 0.6) is 0 Å². The predicted molar refractivity (Wildman–Crippen MR) is 120 cm³/mol. The molecule has 5 nitrogen and oxygen atoms in total. The third kappa shape index (κ3) is 6.75. The Morgan fingerprint density at radius 2 is 1.93 bits per heavy atom. The fourth-order valence-corrected chi connectivity index (χ4v) is 3.43. The number of pyridine rings is 1. The summed E-state index contributed by atoms with van der Waals surface area (Å²) in [4.78, 5) is 20.1. The van der Waals surface area contributed by atoms with Crippen LogP contribution in [0.4, 0.5) is 0 Å². The Labute approximate surface area is 172 Å². The smallest absolute Gasteiger partial charge is 0.250 e. The Balaban J connectivity index is 1.87. The predicted octanol–water partition coefficient (Wildman–Crippen LogP) is 3.76. The highest BCUT2D eigenvalue weighted by atomic mass is 32.2. The van der Waals surface area contributed by atoms with E-state index >= 15 is 0 Å². The maximum atomic E-state index is 11.9. The van der Waals surface area contributed by atoms with Crippen LogP contribution in [0.1, 0.15) is 31.0 Å². The number of unbranched alkanes of at least 4 members (excludes halogenated alkanes) is 1. The van der Waals surface area contributed by atoms with Crippen molar-refractivity contribution in [3.63, 3.8) is 0 Å². The number of benzene rings is 1. The van der Waals surface area contributed by atoms with E-state index < -0.39 is 0 Å². The molecule has 0 radical (unpaired) electrons. The highest BCUT2D eigenvalue weighted by molar-refractivity contribution is 7.98. The zero-order chi connectivity index (χ0) is 20.4. The summed E-state index contributed by atoms with van der Waals surface area (Å²) >= 11 is 1.76. The second-order valence-corrected chi connectivity index (χ2v) is 7.68. The van der Waals surface area contributed by atoms with Crippen molar-refractivity contribution in [3.8, 4) is 0 Å². The van der Waals surface area contributed by atoms with Gasteiger partial charge in [-0.05, 0) is 56.7 Å². The minimum absolute atomic E-state index is 0.0732. The van der Waals surface area contributed by atoms with Crippen molar-refractivity contribution >= 4 is 17.7 Å². The summed E-state index contributed by atoms with van der Waals surface area (Å²) < 4.78 is 1.83. The van der Waals surface area contributed by atoms with Gasteiger partial charge in [0, 0.05) is 49.9 Å². The van der Waals surface area contributed by atoms with Crippen molar-refractivity contribution in [3.05, 3.63) is 64.1 Å². The molecule has 0 unspecified atom stereocenters. The zero-order valence-corrected chi connectivity index (χ0v) is 18.3. The maximum Gasteiger partial charge on any atom is 0.250 e. The minimum Gasteiger partial charge on any atom is -0.357 e.